The Balaban J connectivity index is 1.61. The van der Waals surface area contributed by atoms with E-state index in [1.807, 2.05) is 0 Å². The van der Waals surface area contributed by atoms with Gasteiger partial charge in [-0.05, 0) is 71.7 Å². The molecule has 0 aliphatic heterocycles. The first-order valence-electron chi connectivity index (χ1n) is 8.03. The van der Waals surface area contributed by atoms with E-state index < -0.39 is 4.92 Å². The number of hydrogen-bond donors (Lipinski definition) is 1. The molecule has 2 fully saturated rings. The molecule has 1 heterocycles. The standard InChI is InChI=1S/C15H21BrN4O3/c1-8(12-6-10-3-4-11(12)5-10)17-13(21)7-19-9(2)14(16)15(18-19)20(22)23/h8,10-12H,3-7H2,1-2H3,(H,17,21)/t8-,10+,11+,12-/m1/s1. The maximum absolute atomic E-state index is 12.3. The van der Waals surface area contributed by atoms with Crippen molar-refractivity contribution < 1.29 is 9.72 Å². The van der Waals surface area contributed by atoms with Crippen LogP contribution in [0.15, 0.2) is 4.47 Å². The van der Waals surface area contributed by atoms with Crippen LogP contribution in [0.1, 0.15) is 38.3 Å². The Morgan fingerprint density at radius 2 is 2.26 bits per heavy atom. The zero-order chi connectivity index (χ0) is 16.7. The molecule has 8 heteroatoms. The van der Waals surface area contributed by atoms with Gasteiger partial charge < -0.3 is 15.4 Å². The predicted molar refractivity (Wildman–Crippen MR) is 87.9 cm³/mol. The molecule has 1 aromatic heterocycles. The summed E-state index contributed by atoms with van der Waals surface area (Å²) in [6, 6.07) is 0.145. The monoisotopic (exact) mass is 384 g/mol. The van der Waals surface area contributed by atoms with Crippen LogP contribution in [0.4, 0.5) is 5.82 Å². The second-order valence-electron chi connectivity index (χ2n) is 6.83. The summed E-state index contributed by atoms with van der Waals surface area (Å²) in [5.74, 6) is 1.76. The summed E-state index contributed by atoms with van der Waals surface area (Å²) in [6.07, 6.45) is 5.14. The van der Waals surface area contributed by atoms with Gasteiger partial charge in [0.05, 0.1) is 10.8 Å². The van der Waals surface area contributed by atoms with Crippen LogP contribution in [0.3, 0.4) is 0 Å². The van der Waals surface area contributed by atoms with Gasteiger partial charge in [-0.3, -0.25) is 4.79 Å². The molecule has 0 radical (unpaired) electrons. The highest BCUT2D eigenvalue weighted by atomic mass is 79.9. The average molecular weight is 385 g/mol. The summed E-state index contributed by atoms with van der Waals surface area (Å²) < 4.78 is 1.71. The summed E-state index contributed by atoms with van der Waals surface area (Å²) in [7, 11) is 0. The minimum atomic E-state index is -0.552. The number of nitrogens with one attached hydrogen (secondary N) is 1. The molecule has 3 rings (SSSR count). The highest BCUT2D eigenvalue weighted by Gasteiger charge is 2.42. The number of aromatic nitrogens is 2. The molecule has 4 atom stereocenters. The van der Waals surface area contributed by atoms with Crippen LogP contribution in [0, 0.1) is 34.8 Å². The van der Waals surface area contributed by atoms with Crippen molar-refractivity contribution >= 4 is 27.7 Å². The lowest BCUT2D eigenvalue weighted by Crippen LogP contribution is -2.41. The Labute approximate surface area is 143 Å². The van der Waals surface area contributed by atoms with Gasteiger partial charge in [0.1, 0.15) is 11.0 Å². The third-order valence-corrected chi connectivity index (χ3v) is 6.34. The van der Waals surface area contributed by atoms with Crippen molar-refractivity contribution in [3.05, 3.63) is 20.3 Å². The van der Waals surface area contributed by atoms with Crippen molar-refractivity contribution in [2.75, 3.05) is 0 Å². The predicted octanol–water partition coefficient (Wildman–Crippen LogP) is 2.80. The molecule has 0 saturated heterocycles. The molecular weight excluding hydrogens is 364 g/mol. The van der Waals surface area contributed by atoms with Gasteiger partial charge in [-0.1, -0.05) is 6.42 Å². The number of amides is 1. The van der Waals surface area contributed by atoms with Crippen LogP contribution in [0.5, 0.6) is 0 Å². The van der Waals surface area contributed by atoms with E-state index in [1.165, 1.54) is 30.4 Å². The number of rotatable bonds is 5. The zero-order valence-electron chi connectivity index (χ0n) is 13.3. The molecule has 0 aromatic carbocycles. The van der Waals surface area contributed by atoms with Crippen LogP contribution in [0.25, 0.3) is 0 Å². The summed E-state index contributed by atoms with van der Waals surface area (Å²) in [6.45, 7) is 3.78. The highest BCUT2D eigenvalue weighted by molar-refractivity contribution is 9.10. The van der Waals surface area contributed by atoms with E-state index in [9.17, 15) is 14.9 Å². The Morgan fingerprint density at radius 3 is 2.78 bits per heavy atom. The normalized spacial score (nSPS) is 27.2. The van der Waals surface area contributed by atoms with Crippen LogP contribution in [-0.4, -0.2) is 26.7 Å². The minimum Gasteiger partial charge on any atom is -0.358 e. The number of nitro groups is 1. The summed E-state index contributed by atoms with van der Waals surface area (Å²) >= 11 is 3.16. The molecule has 1 amide bonds. The molecule has 2 saturated carbocycles. The number of halogens is 1. The highest BCUT2D eigenvalue weighted by Crippen LogP contribution is 2.49. The Bertz CT molecular complexity index is 645. The van der Waals surface area contributed by atoms with Crippen LogP contribution < -0.4 is 5.32 Å². The van der Waals surface area contributed by atoms with Gasteiger partial charge in [-0.2, -0.15) is 4.68 Å². The van der Waals surface area contributed by atoms with E-state index in [2.05, 4.69) is 33.3 Å². The molecule has 0 unspecified atom stereocenters. The van der Waals surface area contributed by atoms with Crippen LogP contribution in [-0.2, 0) is 11.3 Å². The van der Waals surface area contributed by atoms with Crippen molar-refractivity contribution in [2.45, 2.75) is 52.1 Å². The molecular formula is C15H21BrN4O3. The molecule has 0 spiro atoms. The summed E-state index contributed by atoms with van der Waals surface area (Å²) in [5.41, 5.74) is 0.583. The number of fused-ring (bicyclic) bond motifs is 2. The molecule has 23 heavy (non-hydrogen) atoms. The molecule has 1 aromatic rings. The van der Waals surface area contributed by atoms with Gasteiger partial charge in [0, 0.05) is 6.04 Å². The minimum absolute atomic E-state index is 0.00340. The number of carbonyl (C=O) groups is 1. The zero-order valence-corrected chi connectivity index (χ0v) is 14.9. The fraction of sp³-hybridized carbons (Fsp3) is 0.733. The van der Waals surface area contributed by atoms with Crippen molar-refractivity contribution in [3.63, 3.8) is 0 Å². The second kappa shape index (κ2) is 6.22. The fourth-order valence-electron chi connectivity index (χ4n) is 4.23. The first-order valence-corrected chi connectivity index (χ1v) is 8.82. The van der Waals surface area contributed by atoms with Crippen molar-refractivity contribution in [2.24, 2.45) is 17.8 Å². The van der Waals surface area contributed by atoms with Crippen molar-refractivity contribution in [1.82, 2.24) is 15.1 Å². The van der Waals surface area contributed by atoms with Crippen LogP contribution >= 0.6 is 15.9 Å². The van der Waals surface area contributed by atoms with E-state index >= 15 is 0 Å². The van der Waals surface area contributed by atoms with Gasteiger partial charge >= 0.3 is 5.82 Å². The second-order valence-corrected chi connectivity index (χ2v) is 7.63. The topological polar surface area (TPSA) is 90.1 Å². The van der Waals surface area contributed by atoms with Gasteiger partial charge in [0.2, 0.25) is 5.91 Å². The third kappa shape index (κ3) is 3.13. The first kappa shape index (κ1) is 16.4. The van der Waals surface area contributed by atoms with E-state index in [0.29, 0.717) is 16.1 Å². The van der Waals surface area contributed by atoms with E-state index in [0.717, 1.165) is 11.8 Å². The Kier molecular flexibility index (Phi) is 4.44. The quantitative estimate of drug-likeness (QED) is 0.624. The largest absolute Gasteiger partial charge is 0.404 e. The molecule has 1 N–H and O–H groups in total. The third-order valence-electron chi connectivity index (χ3n) is 5.41. The van der Waals surface area contributed by atoms with Crippen molar-refractivity contribution in [1.29, 1.82) is 0 Å². The molecule has 2 aliphatic rings. The number of hydrogen-bond acceptors (Lipinski definition) is 4. The summed E-state index contributed by atoms with van der Waals surface area (Å²) in [4.78, 5) is 22.6. The Hall–Kier alpha value is -1.44. The van der Waals surface area contributed by atoms with Gasteiger partial charge in [0.25, 0.3) is 0 Å². The Morgan fingerprint density at radius 1 is 1.52 bits per heavy atom. The smallest absolute Gasteiger partial charge is 0.358 e. The number of nitrogens with zero attached hydrogens (tertiary/aromatic N) is 3. The van der Waals surface area contributed by atoms with Crippen molar-refractivity contribution in [3.8, 4) is 0 Å². The lowest BCUT2D eigenvalue weighted by atomic mass is 9.84. The van der Waals surface area contributed by atoms with Gasteiger partial charge in [-0.15, -0.1) is 0 Å². The van der Waals surface area contributed by atoms with Gasteiger partial charge in [0.15, 0.2) is 0 Å². The first-order chi connectivity index (χ1) is 10.9. The average Bonchev–Trinajstić information content (AvgIpc) is 3.17. The SMILES string of the molecule is Cc1c(Br)c([N+](=O)[O-])nn1CC(=O)N[C@H](C)[C@H]1C[C@H]2CC[C@H]1C2. The number of carbonyl (C=O) groups excluding carboxylic acids is 1. The molecule has 7 nitrogen and oxygen atoms in total. The maximum atomic E-state index is 12.3. The van der Waals surface area contributed by atoms with E-state index in [1.54, 1.807) is 6.92 Å². The molecule has 2 aliphatic carbocycles. The van der Waals surface area contributed by atoms with Crippen LogP contribution in [0.2, 0.25) is 0 Å². The van der Waals surface area contributed by atoms with E-state index in [-0.39, 0.29) is 24.3 Å². The van der Waals surface area contributed by atoms with Gasteiger partial charge in [-0.25, -0.2) is 0 Å². The lowest BCUT2D eigenvalue weighted by molar-refractivity contribution is -0.390. The van der Waals surface area contributed by atoms with E-state index in [4.69, 9.17) is 0 Å². The fourth-order valence-corrected chi connectivity index (χ4v) is 4.66. The maximum Gasteiger partial charge on any atom is 0.404 e. The lowest BCUT2D eigenvalue weighted by Gasteiger charge is -2.28. The summed E-state index contributed by atoms with van der Waals surface area (Å²) in [5, 5.41) is 17.9. The molecule has 2 bridgehead atoms. The molecule has 126 valence electrons.